The summed E-state index contributed by atoms with van der Waals surface area (Å²) in [6.07, 6.45) is 2.36. The first-order valence-electron chi connectivity index (χ1n) is 6.26. The van der Waals surface area contributed by atoms with E-state index in [-0.39, 0.29) is 16.7 Å². The van der Waals surface area contributed by atoms with Crippen LogP contribution in [0.1, 0.15) is 6.42 Å². The molecular formula is C14H13N3O2S. The minimum atomic E-state index is 0.125. The molecule has 1 aliphatic heterocycles. The average Bonchev–Trinajstić information content (AvgIpc) is 3.05. The Labute approximate surface area is 120 Å². The molecule has 1 aliphatic rings. The normalized spacial score (nSPS) is 18.5. The van der Waals surface area contributed by atoms with Gasteiger partial charge in [0.25, 0.3) is 4.84 Å². The molecule has 1 unspecified atom stereocenters. The maximum Gasteiger partial charge on any atom is 0.284 e. The number of aromatic amines is 1. The van der Waals surface area contributed by atoms with Crippen LogP contribution in [0.25, 0.3) is 11.5 Å². The van der Waals surface area contributed by atoms with Crippen LogP contribution in [0.2, 0.25) is 0 Å². The van der Waals surface area contributed by atoms with E-state index in [4.69, 9.17) is 16.6 Å². The second-order valence-electron chi connectivity index (χ2n) is 4.67. The number of carbonyl (C=O) groups excluding carboxylic acids is 1. The monoisotopic (exact) mass is 287 g/mol. The molecule has 3 rings (SSSR count). The van der Waals surface area contributed by atoms with Crippen LogP contribution in [0, 0.1) is 10.8 Å². The van der Waals surface area contributed by atoms with Gasteiger partial charge >= 0.3 is 0 Å². The average molecular weight is 287 g/mol. The number of anilines is 1. The molecule has 5 nitrogen and oxygen atoms in total. The van der Waals surface area contributed by atoms with Gasteiger partial charge in [-0.2, -0.15) is 0 Å². The lowest BCUT2D eigenvalue weighted by Crippen LogP contribution is -2.24. The van der Waals surface area contributed by atoms with Gasteiger partial charge in [0.15, 0.2) is 0 Å². The highest BCUT2D eigenvalue weighted by molar-refractivity contribution is 7.71. The summed E-state index contributed by atoms with van der Waals surface area (Å²) in [5, 5.41) is 6.54. The van der Waals surface area contributed by atoms with Crippen molar-refractivity contribution in [3.05, 3.63) is 41.8 Å². The van der Waals surface area contributed by atoms with Gasteiger partial charge in [-0.05, 0) is 36.5 Å². The Morgan fingerprint density at radius 3 is 2.75 bits per heavy atom. The Bertz CT molecular complexity index is 702. The number of carbonyl (C=O) groups is 1. The third-order valence-corrected chi connectivity index (χ3v) is 3.53. The van der Waals surface area contributed by atoms with Gasteiger partial charge in [0, 0.05) is 30.1 Å². The fraction of sp³-hybridized carbons (Fsp3) is 0.214. The van der Waals surface area contributed by atoms with Crippen molar-refractivity contribution >= 4 is 23.8 Å². The second-order valence-corrected chi connectivity index (χ2v) is 5.04. The number of hydrogen-bond acceptors (Lipinski definition) is 4. The molecule has 0 bridgehead atoms. The Balaban J connectivity index is 1.85. The molecule has 1 N–H and O–H groups in total. The van der Waals surface area contributed by atoms with Crippen LogP contribution in [-0.2, 0) is 4.79 Å². The van der Waals surface area contributed by atoms with Gasteiger partial charge in [-0.1, -0.05) is 6.08 Å². The van der Waals surface area contributed by atoms with Gasteiger partial charge in [-0.3, -0.25) is 4.79 Å². The van der Waals surface area contributed by atoms with Gasteiger partial charge in [0.1, 0.15) is 0 Å². The second kappa shape index (κ2) is 5.05. The number of aromatic nitrogens is 2. The molecule has 0 saturated carbocycles. The fourth-order valence-electron chi connectivity index (χ4n) is 2.28. The first-order valence-corrected chi connectivity index (χ1v) is 6.67. The molecular weight excluding hydrogens is 274 g/mol. The van der Waals surface area contributed by atoms with E-state index in [1.54, 1.807) is 4.90 Å². The molecule has 1 amide bonds. The molecule has 20 heavy (non-hydrogen) atoms. The van der Waals surface area contributed by atoms with E-state index < -0.39 is 0 Å². The lowest BCUT2D eigenvalue weighted by atomic mass is 10.1. The van der Waals surface area contributed by atoms with E-state index in [0.717, 1.165) is 11.3 Å². The molecule has 0 spiro atoms. The van der Waals surface area contributed by atoms with E-state index in [1.807, 2.05) is 30.3 Å². The van der Waals surface area contributed by atoms with Gasteiger partial charge < -0.3 is 9.32 Å². The van der Waals surface area contributed by atoms with Crippen molar-refractivity contribution in [2.75, 3.05) is 11.4 Å². The standard InChI is InChI=1S/C14H13N3O2S/c1-2-9-7-12(18)17(8-9)11-5-3-10(4-6-11)13-15-16-14(20)19-13/h2-6,9H,1,7-8H2,(H,16,20). The van der Waals surface area contributed by atoms with Crippen molar-refractivity contribution < 1.29 is 9.21 Å². The quantitative estimate of drug-likeness (QED) is 0.696. The molecule has 2 aromatic rings. The van der Waals surface area contributed by atoms with Crippen LogP contribution < -0.4 is 4.90 Å². The molecule has 1 saturated heterocycles. The summed E-state index contributed by atoms with van der Waals surface area (Å²) < 4.78 is 5.24. The van der Waals surface area contributed by atoms with Crippen LogP contribution in [0.5, 0.6) is 0 Å². The van der Waals surface area contributed by atoms with Crippen molar-refractivity contribution in [2.45, 2.75) is 6.42 Å². The van der Waals surface area contributed by atoms with Crippen molar-refractivity contribution in [1.82, 2.24) is 10.2 Å². The molecule has 2 heterocycles. The molecule has 6 heteroatoms. The highest BCUT2D eigenvalue weighted by atomic mass is 32.1. The fourth-order valence-corrected chi connectivity index (χ4v) is 2.40. The van der Waals surface area contributed by atoms with E-state index in [2.05, 4.69) is 16.8 Å². The number of H-pyrrole nitrogens is 1. The van der Waals surface area contributed by atoms with Crippen LogP contribution in [0.3, 0.4) is 0 Å². The van der Waals surface area contributed by atoms with Gasteiger partial charge in [0.2, 0.25) is 11.8 Å². The maximum absolute atomic E-state index is 11.9. The van der Waals surface area contributed by atoms with Crippen LogP contribution in [0.4, 0.5) is 5.69 Å². The van der Waals surface area contributed by atoms with E-state index in [0.29, 0.717) is 18.9 Å². The Morgan fingerprint density at radius 1 is 1.45 bits per heavy atom. The lowest BCUT2D eigenvalue weighted by Gasteiger charge is -2.16. The number of nitrogens with one attached hydrogen (secondary N) is 1. The predicted octanol–water partition coefficient (Wildman–Crippen LogP) is 2.94. The maximum atomic E-state index is 11.9. The Morgan fingerprint density at radius 2 is 2.20 bits per heavy atom. The molecule has 1 atom stereocenters. The minimum absolute atomic E-state index is 0.125. The van der Waals surface area contributed by atoms with E-state index in [9.17, 15) is 4.79 Å². The molecule has 1 fully saturated rings. The van der Waals surface area contributed by atoms with Gasteiger partial charge in [-0.25, -0.2) is 5.10 Å². The summed E-state index contributed by atoms with van der Waals surface area (Å²) >= 11 is 4.84. The van der Waals surface area contributed by atoms with Crippen LogP contribution >= 0.6 is 12.2 Å². The topological polar surface area (TPSA) is 62.1 Å². The highest BCUT2D eigenvalue weighted by Crippen LogP contribution is 2.27. The molecule has 0 aliphatic carbocycles. The molecule has 1 aromatic heterocycles. The highest BCUT2D eigenvalue weighted by Gasteiger charge is 2.28. The predicted molar refractivity (Wildman–Crippen MR) is 77.8 cm³/mol. The zero-order valence-corrected chi connectivity index (χ0v) is 11.5. The first kappa shape index (κ1) is 12.8. The smallest absolute Gasteiger partial charge is 0.284 e. The Kier molecular flexibility index (Phi) is 3.23. The third kappa shape index (κ3) is 2.30. The van der Waals surface area contributed by atoms with Crippen molar-refractivity contribution in [3.63, 3.8) is 0 Å². The first-order chi connectivity index (χ1) is 9.67. The number of amides is 1. The third-order valence-electron chi connectivity index (χ3n) is 3.35. The largest absolute Gasteiger partial charge is 0.409 e. The van der Waals surface area contributed by atoms with Crippen molar-refractivity contribution in [3.8, 4) is 11.5 Å². The molecule has 1 aromatic carbocycles. The summed E-state index contributed by atoms with van der Waals surface area (Å²) in [4.78, 5) is 13.9. The van der Waals surface area contributed by atoms with Crippen molar-refractivity contribution in [2.24, 2.45) is 5.92 Å². The van der Waals surface area contributed by atoms with Gasteiger partial charge in [0.05, 0.1) is 0 Å². The van der Waals surface area contributed by atoms with E-state index >= 15 is 0 Å². The number of hydrogen-bond donors (Lipinski definition) is 1. The van der Waals surface area contributed by atoms with Gasteiger partial charge in [-0.15, -0.1) is 11.7 Å². The summed E-state index contributed by atoms with van der Waals surface area (Å²) in [6.45, 7) is 4.43. The number of benzene rings is 1. The Hall–Kier alpha value is -2.21. The minimum Gasteiger partial charge on any atom is -0.409 e. The van der Waals surface area contributed by atoms with Crippen LogP contribution in [0.15, 0.2) is 41.3 Å². The lowest BCUT2D eigenvalue weighted by molar-refractivity contribution is -0.117. The zero-order chi connectivity index (χ0) is 14.1. The molecule has 0 radical (unpaired) electrons. The number of nitrogens with zero attached hydrogens (tertiary/aromatic N) is 2. The summed E-state index contributed by atoms with van der Waals surface area (Å²) in [6, 6.07) is 7.48. The van der Waals surface area contributed by atoms with E-state index in [1.165, 1.54) is 0 Å². The number of rotatable bonds is 3. The molecule has 102 valence electrons. The summed E-state index contributed by atoms with van der Waals surface area (Å²) in [7, 11) is 0. The summed E-state index contributed by atoms with van der Waals surface area (Å²) in [5.41, 5.74) is 1.69. The summed E-state index contributed by atoms with van der Waals surface area (Å²) in [5.74, 6) is 0.796. The SMILES string of the molecule is C=CC1CC(=O)N(c2ccc(-c3n[nH]c(=S)o3)cc2)C1. The van der Waals surface area contributed by atoms with Crippen LogP contribution in [-0.4, -0.2) is 22.6 Å². The van der Waals surface area contributed by atoms with Crippen molar-refractivity contribution in [1.29, 1.82) is 0 Å². The zero-order valence-electron chi connectivity index (χ0n) is 10.7.